The molecule has 68 valence electrons. The lowest BCUT2D eigenvalue weighted by molar-refractivity contribution is 0.475. The molecule has 0 fully saturated rings. The largest absolute Gasteiger partial charge is 0.508 e. The summed E-state index contributed by atoms with van der Waals surface area (Å²) >= 11 is 3.34. The number of nitrogens with zero attached hydrogens (tertiary/aromatic N) is 2. The number of hydrogen-bond acceptors (Lipinski definition) is 3. The highest BCUT2D eigenvalue weighted by Crippen LogP contribution is 2.23. The Hall–Kier alpha value is -1.03. The van der Waals surface area contributed by atoms with Crippen molar-refractivity contribution in [2.24, 2.45) is 5.10 Å². The number of phenolic OH excluding ortho intramolecular Hbond substituents is 1. The lowest BCUT2D eigenvalue weighted by Crippen LogP contribution is -2.11. The van der Waals surface area contributed by atoms with Gasteiger partial charge in [0.1, 0.15) is 10.4 Å². The standard InChI is InChI=1S/C9H9BrN2O/c10-9-4-5-12(11-9)7-2-1-3-8(13)6-7/h1-3,6,13H,4-5H2. The smallest absolute Gasteiger partial charge is 0.117 e. The Kier molecular flexibility index (Phi) is 2.22. The van der Waals surface area contributed by atoms with Crippen LogP contribution in [0.5, 0.6) is 5.75 Å². The predicted octanol–water partition coefficient (Wildman–Crippen LogP) is 2.31. The molecule has 1 aromatic rings. The lowest BCUT2D eigenvalue weighted by atomic mass is 10.3. The molecule has 1 aliphatic rings. The van der Waals surface area contributed by atoms with Crippen LogP contribution in [0.3, 0.4) is 0 Å². The predicted molar refractivity (Wildman–Crippen MR) is 56.4 cm³/mol. The van der Waals surface area contributed by atoms with Gasteiger partial charge in [0.25, 0.3) is 0 Å². The molecule has 0 aliphatic carbocycles. The van der Waals surface area contributed by atoms with E-state index in [9.17, 15) is 5.11 Å². The molecule has 1 aliphatic heterocycles. The van der Waals surface area contributed by atoms with Crippen LogP contribution in [0.2, 0.25) is 0 Å². The van der Waals surface area contributed by atoms with Crippen LogP contribution in [0.25, 0.3) is 0 Å². The molecule has 4 heteroatoms. The van der Waals surface area contributed by atoms with Crippen LogP contribution in [-0.2, 0) is 0 Å². The molecule has 13 heavy (non-hydrogen) atoms. The number of anilines is 1. The molecule has 0 bridgehead atoms. The summed E-state index contributed by atoms with van der Waals surface area (Å²) in [5.41, 5.74) is 0.925. The fourth-order valence-corrected chi connectivity index (χ4v) is 1.64. The SMILES string of the molecule is Oc1cccc(N2CCC(Br)=N2)c1. The van der Waals surface area contributed by atoms with Crippen molar-refractivity contribution in [1.29, 1.82) is 0 Å². The third-order valence-corrected chi connectivity index (χ3v) is 2.44. The topological polar surface area (TPSA) is 35.8 Å². The summed E-state index contributed by atoms with van der Waals surface area (Å²) in [6.45, 7) is 0.865. The molecule has 3 nitrogen and oxygen atoms in total. The minimum atomic E-state index is 0.274. The second kappa shape index (κ2) is 3.38. The monoisotopic (exact) mass is 240 g/mol. The van der Waals surface area contributed by atoms with Crippen LogP contribution >= 0.6 is 15.9 Å². The zero-order chi connectivity index (χ0) is 9.26. The normalized spacial score (nSPS) is 16.1. The fraction of sp³-hybridized carbons (Fsp3) is 0.222. The van der Waals surface area contributed by atoms with Crippen molar-refractivity contribution in [2.45, 2.75) is 6.42 Å². The number of aromatic hydroxyl groups is 1. The van der Waals surface area contributed by atoms with Gasteiger partial charge < -0.3 is 5.11 Å². The maximum Gasteiger partial charge on any atom is 0.117 e. The number of rotatable bonds is 1. The molecule has 0 saturated heterocycles. The molecule has 0 spiro atoms. The second-order valence-electron chi connectivity index (χ2n) is 2.87. The number of benzene rings is 1. The van der Waals surface area contributed by atoms with Crippen LogP contribution in [0.4, 0.5) is 5.69 Å². The van der Waals surface area contributed by atoms with E-state index < -0.39 is 0 Å². The van der Waals surface area contributed by atoms with Gasteiger partial charge in [0.15, 0.2) is 0 Å². The number of halogens is 1. The van der Waals surface area contributed by atoms with E-state index in [0.717, 1.165) is 23.3 Å². The molecule has 1 N–H and O–H groups in total. The third-order valence-electron chi connectivity index (χ3n) is 1.89. The minimum Gasteiger partial charge on any atom is -0.508 e. The number of hydrazone groups is 1. The van der Waals surface area contributed by atoms with Crippen molar-refractivity contribution in [1.82, 2.24) is 0 Å². The van der Waals surface area contributed by atoms with Crippen molar-refractivity contribution in [3.8, 4) is 5.75 Å². The van der Waals surface area contributed by atoms with Crippen LogP contribution < -0.4 is 5.01 Å². The molecule has 2 rings (SSSR count). The molecule has 0 amide bonds. The average Bonchev–Trinajstić information content (AvgIpc) is 2.52. The maximum absolute atomic E-state index is 9.25. The van der Waals surface area contributed by atoms with E-state index in [4.69, 9.17) is 0 Å². The second-order valence-corrected chi connectivity index (χ2v) is 3.78. The summed E-state index contributed by atoms with van der Waals surface area (Å²) in [6.07, 6.45) is 0.926. The molecule has 1 aromatic carbocycles. The van der Waals surface area contributed by atoms with Crippen LogP contribution in [0, 0.1) is 0 Å². The van der Waals surface area contributed by atoms with Gasteiger partial charge in [-0.2, -0.15) is 5.10 Å². The molecule has 0 aromatic heterocycles. The van der Waals surface area contributed by atoms with Gasteiger partial charge in [-0.05, 0) is 28.1 Å². The van der Waals surface area contributed by atoms with Gasteiger partial charge in [-0.3, -0.25) is 5.01 Å². The molecule has 0 atom stereocenters. The van der Waals surface area contributed by atoms with Crippen molar-refractivity contribution in [3.63, 3.8) is 0 Å². The van der Waals surface area contributed by atoms with Gasteiger partial charge in [-0.1, -0.05) is 6.07 Å². The zero-order valence-corrected chi connectivity index (χ0v) is 8.53. The van der Waals surface area contributed by atoms with E-state index in [2.05, 4.69) is 21.0 Å². The molecule has 0 unspecified atom stereocenters. The first-order valence-corrected chi connectivity index (χ1v) is 4.84. The Labute approximate surface area is 84.8 Å². The molecular formula is C9H9BrN2O. The number of phenols is 1. The first-order valence-electron chi connectivity index (χ1n) is 4.05. The van der Waals surface area contributed by atoms with Gasteiger partial charge >= 0.3 is 0 Å². The average molecular weight is 241 g/mol. The molecular weight excluding hydrogens is 232 g/mol. The van der Waals surface area contributed by atoms with Crippen molar-refractivity contribution in [3.05, 3.63) is 24.3 Å². The maximum atomic E-state index is 9.25. The van der Waals surface area contributed by atoms with E-state index in [1.807, 2.05) is 17.1 Å². The van der Waals surface area contributed by atoms with E-state index in [-0.39, 0.29) is 5.75 Å². The zero-order valence-electron chi connectivity index (χ0n) is 6.94. The Morgan fingerprint density at radius 2 is 2.31 bits per heavy atom. The highest BCUT2D eigenvalue weighted by Gasteiger charge is 2.13. The van der Waals surface area contributed by atoms with Gasteiger partial charge in [-0.25, -0.2) is 0 Å². The van der Waals surface area contributed by atoms with Crippen LogP contribution in [-0.4, -0.2) is 16.3 Å². The third kappa shape index (κ3) is 1.83. The lowest BCUT2D eigenvalue weighted by Gasteiger charge is -2.12. The summed E-state index contributed by atoms with van der Waals surface area (Å²) in [5.74, 6) is 0.274. The first-order chi connectivity index (χ1) is 6.25. The summed E-state index contributed by atoms with van der Waals surface area (Å²) in [5, 5.41) is 15.4. The van der Waals surface area contributed by atoms with Crippen molar-refractivity contribution in [2.75, 3.05) is 11.6 Å². The quantitative estimate of drug-likeness (QED) is 0.818. The van der Waals surface area contributed by atoms with Gasteiger partial charge in [0.2, 0.25) is 0 Å². The Morgan fingerprint density at radius 3 is 2.92 bits per heavy atom. The van der Waals surface area contributed by atoms with Crippen molar-refractivity contribution >= 4 is 26.2 Å². The highest BCUT2D eigenvalue weighted by atomic mass is 79.9. The molecule has 0 saturated carbocycles. The van der Waals surface area contributed by atoms with E-state index in [1.165, 1.54) is 0 Å². The van der Waals surface area contributed by atoms with E-state index >= 15 is 0 Å². The van der Waals surface area contributed by atoms with Crippen LogP contribution in [0.1, 0.15) is 6.42 Å². The van der Waals surface area contributed by atoms with Crippen LogP contribution in [0.15, 0.2) is 29.4 Å². The first kappa shape index (κ1) is 8.56. The summed E-state index contributed by atoms with van der Waals surface area (Å²) in [6, 6.07) is 7.09. The van der Waals surface area contributed by atoms with E-state index in [0.29, 0.717) is 0 Å². The molecule has 0 radical (unpaired) electrons. The Balaban J connectivity index is 2.26. The summed E-state index contributed by atoms with van der Waals surface area (Å²) in [4.78, 5) is 0. The van der Waals surface area contributed by atoms with Gasteiger partial charge in [0, 0.05) is 19.0 Å². The Morgan fingerprint density at radius 1 is 1.46 bits per heavy atom. The van der Waals surface area contributed by atoms with Gasteiger partial charge in [-0.15, -0.1) is 0 Å². The summed E-state index contributed by atoms with van der Waals surface area (Å²) in [7, 11) is 0. The Bertz CT molecular complexity index is 351. The number of hydrogen-bond donors (Lipinski definition) is 1. The van der Waals surface area contributed by atoms with E-state index in [1.54, 1.807) is 12.1 Å². The highest BCUT2D eigenvalue weighted by molar-refractivity contribution is 9.18. The summed E-state index contributed by atoms with van der Waals surface area (Å²) < 4.78 is 0.954. The minimum absolute atomic E-state index is 0.274. The molecule has 1 heterocycles. The van der Waals surface area contributed by atoms with Gasteiger partial charge in [0.05, 0.1) is 5.69 Å². The van der Waals surface area contributed by atoms with Crippen molar-refractivity contribution < 1.29 is 5.11 Å². The fourth-order valence-electron chi connectivity index (χ4n) is 1.27.